The van der Waals surface area contributed by atoms with Gasteiger partial charge in [0.1, 0.15) is 5.37 Å². The van der Waals surface area contributed by atoms with Crippen molar-refractivity contribution in [2.75, 3.05) is 38.0 Å². The summed E-state index contributed by atoms with van der Waals surface area (Å²) in [5, 5.41) is 4.68. The summed E-state index contributed by atoms with van der Waals surface area (Å²) in [6, 6.07) is 9.53. The Labute approximate surface area is 196 Å². The van der Waals surface area contributed by atoms with Crippen molar-refractivity contribution >= 4 is 21.6 Å². The number of piperazine rings is 1. The molecule has 1 aliphatic heterocycles. The first-order chi connectivity index (χ1) is 15.8. The van der Waals surface area contributed by atoms with Crippen molar-refractivity contribution in [2.45, 2.75) is 30.7 Å². The molecule has 0 radical (unpaired) electrons. The van der Waals surface area contributed by atoms with Gasteiger partial charge < -0.3 is 15.5 Å². The molecule has 0 saturated carbocycles. The molecule has 2 amide bonds. The van der Waals surface area contributed by atoms with E-state index < -0.39 is 15.2 Å². The van der Waals surface area contributed by atoms with Crippen molar-refractivity contribution in [2.24, 2.45) is 5.92 Å². The Morgan fingerprint density at radius 1 is 1.15 bits per heavy atom. The van der Waals surface area contributed by atoms with Gasteiger partial charge in [-0.15, -0.1) is 6.58 Å². The molecule has 2 heterocycles. The van der Waals surface area contributed by atoms with E-state index >= 15 is 0 Å². The molecule has 1 atom stereocenters. The number of amides is 2. The predicted octanol–water partition coefficient (Wildman–Crippen LogP) is 2.96. The molecule has 1 aliphatic rings. The van der Waals surface area contributed by atoms with Gasteiger partial charge in [0, 0.05) is 57.3 Å². The van der Waals surface area contributed by atoms with Gasteiger partial charge in [-0.1, -0.05) is 26.0 Å². The van der Waals surface area contributed by atoms with Crippen LogP contribution in [0.15, 0.2) is 66.3 Å². The van der Waals surface area contributed by atoms with Crippen LogP contribution in [0.2, 0.25) is 0 Å². The summed E-state index contributed by atoms with van der Waals surface area (Å²) in [5.74, 6) is 0.583. The van der Waals surface area contributed by atoms with Gasteiger partial charge in [0.15, 0.2) is 9.84 Å². The predicted molar refractivity (Wildman–Crippen MR) is 131 cm³/mol. The van der Waals surface area contributed by atoms with E-state index in [-0.39, 0.29) is 10.9 Å². The second-order valence-corrected chi connectivity index (χ2v) is 10.6. The van der Waals surface area contributed by atoms with Crippen molar-refractivity contribution in [3.05, 3.63) is 67.0 Å². The quantitative estimate of drug-likeness (QED) is 0.546. The highest BCUT2D eigenvalue weighted by molar-refractivity contribution is 7.92. The Bertz CT molecular complexity index is 1020. The van der Waals surface area contributed by atoms with Crippen molar-refractivity contribution in [3.63, 3.8) is 0 Å². The first kappa shape index (κ1) is 24.9. The molecule has 2 aromatic rings. The number of nitrogens with one attached hydrogen (secondary N) is 2. The number of anilines is 1. The number of urea groups is 1. The minimum Gasteiger partial charge on any atom is -0.334 e. The normalized spacial score (nSPS) is 16.3. The Morgan fingerprint density at radius 3 is 2.42 bits per heavy atom. The fourth-order valence-corrected chi connectivity index (χ4v) is 5.57. The van der Waals surface area contributed by atoms with Crippen LogP contribution in [0.25, 0.3) is 0 Å². The van der Waals surface area contributed by atoms with Gasteiger partial charge in [0.05, 0.1) is 4.90 Å². The summed E-state index contributed by atoms with van der Waals surface area (Å²) in [7, 11) is -3.63. The van der Waals surface area contributed by atoms with Gasteiger partial charge in [-0.25, -0.2) is 13.2 Å². The van der Waals surface area contributed by atoms with Crippen LogP contribution in [0.1, 0.15) is 19.4 Å². The number of hydrogen-bond donors (Lipinski definition) is 2. The van der Waals surface area contributed by atoms with E-state index in [1.807, 2.05) is 11.0 Å². The van der Waals surface area contributed by atoms with E-state index in [1.165, 1.54) is 18.2 Å². The third kappa shape index (κ3) is 6.86. The SMILES string of the molecule is C=CC(N1CCN(CC(C)C)CC1)S(=O)(=O)c1ccc(NC(=O)NCc2cccnc2)cc1. The lowest BCUT2D eigenvalue weighted by Gasteiger charge is -2.38. The molecule has 33 heavy (non-hydrogen) atoms. The molecule has 0 spiro atoms. The standard InChI is InChI=1S/C24H33N5O3S/c1-4-23(29-14-12-28(13-15-29)18-19(2)3)33(31,32)22-9-7-21(8-10-22)27-24(30)26-17-20-6-5-11-25-16-20/h4-11,16,19,23H,1,12-15,17-18H2,2-3H3,(H2,26,27,30). The highest BCUT2D eigenvalue weighted by Gasteiger charge is 2.32. The molecule has 8 nitrogen and oxygen atoms in total. The van der Waals surface area contributed by atoms with Crippen molar-refractivity contribution in [3.8, 4) is 0 Å². The number of carbonyl (C=O) groups excluding carboxylic acids is 1. The molecule has 0 aliphatic carbocycles. The van der Waals surface area contributed by atoms with Crippen LogP contribution in [0, 0.1) is 5.92 Å². The molecule has 1 fully saturated rings. The maximum atomic E-state index is 13.3. The molecule has 1 saturated heterocycles. The monoisotopic (exact) mass is 471 g/mol. The Hall–Kier alpha value is -2.75. The average molecular weight is 472 g/mol. The molecule has 2 N–H and O–H groups in total. The first-order valence-corrected chi connectivity index (χ1v) is 12.7. The van der Waals surface area contributed by atoms with E-state index in [0.717, 1.165) is 25.2 Å². The fraction of sp³-hybridized carbons (Fsp3) is 0.417. The summed E-state index contributed by atoms with van der Waals surface area (Å²) in [6.07, 6.45) is 4.86. The highest BCUT2D eigenvalue weighted by Crippen LogP contribution is 2.23. The summed E-state index contributed by atoms with van der Waals surface area (Å²) < 4.78 is 26.6. The second kappa shape index (κ2) is 11.4. The van der Waals surface area contributed by atoms with Crippen LogP contribution >= 0.6 is 0 Å². The minimum atomic E-state index is -3.63. The lowest BCUT2D eigenvalue weighted by molar-refractivity contribution is 0.122. The summed E-state index contributed by atoms with van der Waals surface area (Å²) >= 11 is 0. The van der Waals surface area contributed by atoms with Gasteiger partial charge in [0.25, 0.3) is 0 Å². The third-order valence-electron chi connectivity index (χ3n) is 5.53. The minimum absolute atomic E-state index is 0.207. The van der Waals surface area contributed by atoms with Crippen molar-refractivity contribution in [1.82, 2.24) is 20.1 Å². The third-order valence-corrected chi connectivity index (χ3v) is 7.58. The molecule has 178 valence electrons. The summed E-state index contributed by atoms with van der Waals surface area (Å²) in [6.45, 7) is 12.6. The zero-order valence-corrected chi connectivity index (χ0v) is 20.1. The number of sulfone groups is 1. The first-order valence-electron chi connectivity index (χ1n) is 11.2. The number of aromatic nitrogens is 1. The van der Waals surface area contributed by atoms with Gasteiger partial charge in [-0.2, -0.15) is 0 Å². The zero-order valence-electron chi connectivity index (χ0n) is 19.3. The number of rotatable bonds is 9. The van der Waals surface area contributed by atoms with E-state index in [4.69, 9.17) is 0 Å². The average Bonchev–Trinajstić information content (AvgIpc) is 2.80. The Balaban J connectivity index is 1.58. The Morgan fingerprint density at radius 2 is 1.85 bits per heavy atom. The van der Waals surface area contributed by atoms with Gasteiger partial charge in [-0.05, 0) is 41.8 Å². The molecule has 1 aromatic heterocycles. The van der Waals surface area contributed by atoms with Gasteiger partial charge in [0.2, 0.25) is 0 Å². The smallest absolute Gasteiger partial charge is 0.319 e. The van der Waals surface area contributed by atoms with Crippen LogP contribution in [-0.2, 0) is 16.4 Å². The Kier molecular flexibility index (Phi) is 8.60. The number of pyridine rings is 1. The molecule has 3 rings (SSSR count). The van der Waals surface area contributed by atoms with Crippen molar-refractivity contribution in [1.29, 1.82) is 0 Å². The molecule has 9 heteroatoms. The van der Waals surface area contributed by atoms with Crippen LogP contribution in [0.4, 0.5) is 10.5 Å². The highest BCUT2D eigenvalue weighted by atomic mass is 32.2. The van der Waals surface area contributed by atoms with Crippen LogP contribution in [-0.4, -0.2) is 67.3 Å². The van der Waals surface area contributed by atoms with Crippen molar-refractivity contribution < 1.29 is 13.2 Å². The number of hydrogen-bond acceptors (Lipinski definition) is 6. The molecule has 1 aromatic carbocycles. The van der Waals surface area contributed by atoms with Gasteiger partial charge >= 0.3 is 6.03 Å². The molecular weight excluding hydrogens is 438 g/mol. The van der Waals surface area contributed by atoms with E-state index in [0.29, 0.717) is 31.2 Å². The van der Waals surface area contributed by atoms with E-state index in [1.54, 1.807) is 30.6 Å². The zero-order chi connectivity index (χ0) is 23.8. The number of nitrogens with zero attached hydrogens (tertiary/aromatic N) is 3. The van der Waals surface area contributed by atoms with Gasteiger partial charge in [-0.3, -0.25) is 9.88 Å². The maximum absolute atomic E-state index is 13.3. The molecular formula is C24H33N5O3S. The number of benzene rings is 1. The second-order valence-electron chi connectivity index (χ2n) is 8.60. The summed E-state index contributed by atoms with van der Waals surface area (Å²) in [4.78, 5) is 20.7. The largest absolute Gasteiger partial charge is 0.334 e. The summed E-state index contributed by atoms with van der Waals surface area (Å²) in [5.41, 5.74) is 1.39. The number of carbonyl (C=O) groups is 1. The van der Waals surface area contributed by atoms with Crippen LogP contribution in [0.5, 0.6) is 0 Å². The topological polar surface area (TPSA) is 94.6 Å². The fourth-order valence-electron chi connectivity index (χ4n) is 3.92. The molecule has 0 bridgehead atoms. The lowest BCUT2D eigenvalue weighted by Crippen LogP contribution is -2.52. The van der Waals surface area contributed by atoms with Crippen LogP contribution in [0.3, 0.4) is 0 Å². The lowest BCUT2D eigenvalue weighted by atomic mass is 10.2. The molecule has 1 unspecified atom stereocenters. The van der Waals surface area contributed by atoms with Crippen LogP contribution < -0.4 is 10.6 Å². The van der Waals surface area contributed by atoms with E-state index in [2.05, 4.69) is 40.9 Å². The van der Waals surface area contributed by atoms with E-state index in [9.17, 15) is 13.2 Å². The maximum Gasteiger partial charge on any atom is 0.319 e.